The van der Waals surface area contributed by atoms with E-state index in [1.165, 1.54) is 16.2 Å². The zero-order valence-electron chi connectivity index (χ0n) is 9.29. The SMILES string of the molecule is CN(Cc1ccsc1)C(=O)NCC(O)C(=O)O. The van der Waals surface area contributed by atoms with Gasteiger partial charge in [-0.25, -0.2) is 9.59 Å². The van der Waals surface area contributed by atoms with E-state index in [9.17, 15) is 9.59 Å². The molecule has 1 aromatic rings. The van der Waals surface area contributed by atoms with Crippen LogP contribution in [-0.4, -0.2) is 46.8 Å². The van der Waals surface area contributed by atoms with Crippen molar-refractivity contribution in [1.82, 2.24) is 10.2 Å². The van der Waals surface area contributed by atoms with Crippen molar-refractivity contribution in [2.24, 2.45) is 0 Å². The van der Waals surface area contributed by atoms with Crippen LogP contribution in [0.1, 0.15) is 5.56 Å². The van der Waals surface area contributed by atoms with E-state index >= 15 is 0 Å². The molecule has 0 aliphatic rings. The molecule has 0 fully saturated rings. The molecule has 0 aliphatic heterocycles. The minimum Gasteiger partial charge on any atom is -0.479 e. The normalized spacial score (nSPS) is 11.9. The summed E-state index contributed by atoms with van der Waals surface area (Å²) >= 11 is 1.54. The number of carbonyl (C=O) groups is 2. The second-order valence-electron chi connectivity index (χ2n) is 3.53. The lowest BCUT2D eigenvalue weighted by Crippen LogP contribution is -2.42. The zero-order valence-corrected chi connectivity index (χ0v) is 10.1. The molecule has 0 aliphatic carbocycles. The van der Waals surface area contributed by atoms with Crippen molar-refractivity contribution in [2.75, 3.05) is 13.6 Å². The zero-order chi connectivity index (χ0) is 12.8. The van der Waals surface area contributed by atoms with E-state index in [4.69, 9.17) is 10.2 Å². The van der Waals surface area contributed by atoms with Crippen LogP contribution in [0.25, 0.3) is 0 Å². The molecule has 1 unspecified atom stereocenters. The predicted molar refractivity (Wildman–Crippen MR) is 62.8 cm³/mol. The molecule has 7 heteroatoms. The van der Waals surface area contributed by atoms with Crippen molar-refractivity contribution in [1.29, 1.82) is 0 Å². The average Bonchev–Trinajstić information content (AvgIpc) is 2.77. The Kier molecular flexibility index (Phi) is 4.92. The van der Waals surface area contributed by atoms with Crippen LogP contribution < -0.4 is 5.32 Å². The largest absolute Gasteiger partial charge is 0.479 e. The van der Waals surface area contributed by atoms with Crippen LogP contribution in [0.15, 0.2) is 16.8 Å². The first-order valence-electron chi connectivity index (χ1n) is 4.91. The predicted octanol–water partition coefficient (Wildman–Crippen LogP) is 0.335. The molecule has 1 aromatic heterocycles. The average molecular weight is 258 g/mol. The minimum absolute atomic E-state index is 0.303. The highest BCUT2D eigenvalue weighted by atomic mass is 32.1. The number of aliphatic hydroxyl groups is 1. The van der Waals surface area contributed by atoms with Crippen LogP contribution in [0.2, 0.25) is 0 Å². The summed E-state index contributed by atoms with van der Waals surface area (Å²) in [6, 6.07) is 1.48. The Labute approximate surface area is 102 Å². The van der Waals surface area contributed by atoms with Gasteiger partial charge in [-0.1, -0.05) is 0 Å². The first-order valence-corrected chi connectivity index (χ1v) is 5.86. The summed E-state index contributed by atoms with van der Waals surface area (Å²) in [4.78, 5) is 23.2. The Morgan fingerprint density at radius 3 is 2.82 bits per heavy atom. The Bertz CT molecular complexity index is 380. The van der Waals surface area contributed by atoms with Gasteiger partial charge in [-0.05, 0) is 22.4 Å². The molecule has 0 saturated heterocycles. The van der Waals surface area contributed by atoms with E-state index in [0.29, 0.717) is 6.54 Å². The fourth-order valence-corrected chi connectivity index (χ4v) is 1.79. The molecule has 0 aromatic carbocycles. The first-order chi connectivity index (χ1) is 8.00. The van der Waals surface area contributed by atoms with Gasteiger partial charge in [0.15, 0.2) is 6.10 Å². The summed E-state index contributed by atoms with van der Waals surface area (Å²) < 4.78 is 0. The Hall–Kier alpha value is -1.60. The Morgan fingerprint density at radius 1 is 1.59 bits per heavy atom. The highest BCUT2D eigenvalue weighted by molar-refractivity contribution is 7.07. The molecular weight excluding hydrogens is 244 g/mol. The van der Waals surface area contributed by atoms with Crippen molar-refractivity contribution >= 4 is 23.3 Å². The van der Waals surface area contributed by atoms with Gasteiger partial charge in [0.25, 0.3) is 0 Å². The van der Waals surface area contributed by atoms with E-state index in [1.807, 2.05) is 16.8 Å². The lowest BCUT2D eigenvalue weighted by Gasteiger charge is -2.17. The summed E-state index contributed by atoms with van der Waals surface area (Å²) in [7, 11) is 1.60. The maximum absolute atomic E-state index is 11.5. The third kappa shape index (κ3) is 4.41. The van der Waals surface area contributed by atoms with E-state index in [1.54, 1.807) is 7.05 Å². The number of rotatable bonds is 5. The van der Waals surface area contributed by atoms with E-state index in [-0.39, 0.29) is 6.54 Å². The molecule has 2 amide bonds. The van der Waals surface area contributed by atoms with Crippen molar-refractivity contribution in [3.8, 4) is 0 Å². The number of hydrogen-bond acceptors (Lipinski definition) is 4. The van der Waals surface area contributed by atoms with Gasteiger partial charge in [-0.2, -0.15) is 11.3 Å². The fourth-order valence-electron chi connectivity index (χ4n) is 1.13. The van der Waals surface area contributed by atoms with Crippen LogP contribution >= 0.6 is 11.3 Å². The van der Waals surface area contributed by atoms with Gasteiger partial charge in [0.05, 0.1) is 6.54 Å². The number of nitrogens with zero attached hydrogens (tertiary/aromatic N) is 1. The molecule has 0 bridgehead atoms. The second kappa shape index (κ2) is 6.21. The minimum atomic E-state index is -1.58. The molecule has 0 saturated carbocycles. The Morgan fingerprint density at radius 2 is 2.29 bits per heavy atom. The number of carboxylic acid groups (broad SMARTS) is 1. The molecule has 3 N–H and O–H groups in total. The van der Waals surface area contributed by atoms with E-state index in [2.05, 4.69) is 5.32 Å². The third-order valence-corrected chi connectivity index (χ3v) is 2.81. The fraction of sp³-hybridized carbons (Fsp3) is 0.400. The monoisotopic (exact) mass is 258 g/mol. The second-order valence-corrected chi connectivity index (χ2v) is 4.31. The summed E-state index contributed by atoms with van der Waals surface area (Å²) in [5, 5.41) is 23.6. The number of aliphatic carboxylic acids is 1. The number of amides is 2. The van der Waals surface area contributed by atoms with Crippen LogP contribution in [0.3, 0.4) is 0 Å². The van der Waals surface area contributed by atoms with Gasteiger partial charge in [-0.3, -0.25) is 0 Å². The van der Waals surface area contributed by atoms with Crippen LogP contribution in [0, 0.1) is 0 Å². The van der Waals surface area contributed by atoms with Crippen molar-refractivity contribution in [3.05, 3.63) is 22.4 Å². The molecular formula is C10H14N2O4S. The van der Waals surface area contributed by atoms with Crippen LogP contribution in [-0.2, 0) is 11.3 Å². The molecule has 0 spiro atoms. The number of carbonyl (C=O) groups excluding carboxylic acids is 1. The van der Waals surface area contributed by atoms with E-state index < -0.39 is 18.1 Å². The first kappa shape index (κ1) is 13.5. The highest BCUT2D eigenvalue weighted by Crippen LogP contribution is 2.08. The standard InChI is InChI=1S/C10H14N2O4S/c1-12(5-7-2-3-17-6-7)10(16)11-4-8(13)9(14)15/h2-3,6,8,13H,4-5H2,1H3,(H,11,16)(H,14,15). The summed E-state index contributed by atoms with van der Waals surface area (Å²) in [5.74, 6) is -1.36. The molecule has 94 valence electrons. The number of carboxylic acids is 1. The van der Waals surface area contributed by atoms with Crippen molar-refractivity contribution in [2.45, 2.75) is 12.6 Å². The van der Waals surface area contributed by atoms with Gasteiger partial charge >= 0.3 is 12.0 Å². The lowest BCUT2D eigenvalue weighted by molar-refractivity contribution is -0.146. The summed E-state index contributed by atoms with van der Waals surface area (Å²) in [6.07, 6.45) is -1.58. The molecule has 1 rings (SSSR count). The van der Waals surface area contributed by atoms with Gasteiger partial charge in [0.1, 0.15) is 0 Å². The molecule has 0 radical (unpaired) electrons. The smallest absolute Gasteiger partial charge is 0.334 e. The maximum atomic E-state index is 11.5. The molecule has 1 heterocycles. The van der Waals surface area contributed by atoms with Gasteiger partial charge in [0.2, 0.25) is 0 Å². The summed E-state index contributed by atoms with van der Waals surface area (Å²) in [5.41, 5.74) is 1.01. The number of aliphatic hydroxyl groups excluding tert-OH is 1. The quantitative estimate of drug-likeness (QED) is 0.710. The summed E-state index contributed by atoms with van der Waals surface area (Å²) in [6.45, 7) is 0.140. The third-order valence-electron chi connectivity index (χ3n) is 2.08. The molecule has 1 atom stereocenters. The van der Waals surface area contributed by atoms with E-state index in [0.717, 1.165) is 5.56 Å². The van der Waals surface area contributed by atoms with Crippen LogP contribution in [0.4, 0.5) is 4.79 Å². The van der Waals surface area contributed by atoms with Gasteiger partial charge < -0.3 is 20.4 Å². The number of urea groups is 1. The number of hydrogen-bond donors (Lipinski definition) is 3. The van der Waals surface area contributed by atoms with Gasteiger partial charge in [-0.15, -0.1) is 0 Å². The van der Waals surface area contributed by atoms with Crippen molar-refractivity contribution in [3.63, 3.8) is 0 Å². The molecule has 6 nitrogen and oxygen atoms in total. The lowest BCUT2D eigenvalue weighted by atomic mass is 10.3. The number of thiophene rings is 1. The topological polar surface area (TPSA) is 89.9 Å². The Balaban J connectivity index is 2.34. The molecule has 17 heavy (non-hydrogen) atoms. The number of nitrogens with one attached hydrogen (secondary N) is 1. The maximum Gasteiger partial charge on any atom is 0.334 e. The van der Waals surface area contributed by atoms with Crippen LogP contribution in [0.5, 0.6) is 0 Å². The van der Waals surface area contributed by atoms with Gasteiger partial charge in [0, 0.05) is 13.6 Å². The highest BCUT2D eigenvalue weighted by Gasteiger charge is 2.15. The van der Waals surface area contributed by atoms with Crippen molar-refractivity contribution < 1.29 is 19.8 Å².